The molecule has 1 aromatic carbocycles. The fourth-order valence-corrected chi connectivity index (χ4v) is 2.96. The number of aliphatic imine (C=N–C) groups is 1. The number of carbonyl (C=O) groups excluding carboxylic acids is 1. The first kappa shape index (κ1) is 20.2. The first-order valence-corrected chi connectivity index (χ1v) is 9.03. The van der Waals surface area contributed by atoms with Crippen LogP contribution in [-0.4, -0.2) is 76.4 Å². The maximum Gasteiger partial charge on any atom is 0.232 e. The van der Waals surface area contributed by atoms with Crippen molar-refractivity contribution in [3.8, 4) is 0 Å². The van der Waals surface area contributed by atoms with E-state index < -0.39 is 0 Å². The lowest BCUT2D eigenvalue weighted by atomic mass is 9.97. The molecule has 2 rings (SSSR count). The Labute approximate surface area is 155 Å². The number of ether oxygens (including phenoxy) is 2. The second-order valence-corrected chi connectivity index (χ2v) is 6.35. The van der Waals surface area contributed by atoms with Crippen molar-refractivity contribution in [2.45, 2.75) is 18.9 Å². The van der Waals surface area contributed by atoms with Gasteiger partial charge in [-0.1, -0.05) is 30.3 Å². The highest BCUT2D eigenvalue weighted by Crippen LogP contribution is 2.18. The van der Waals surface area contributed by atoms with Crippen molar-refractivity contribution in [1.29, 1.82) is 0 Å². The molecule has 0 bridgehead atoms. The lowest BCUT2D eigenvalue weighted by Crippen LogP contribution is -2.48. The number of hydrogen-bond acceptors (Lipinski definition) is 4. The van der Waals surface area contributed by atoms with Crippen LogP contribution in [0.5, 0.6) is 0 Å². The van der Waals surface area contributed by atoms with Gasteiger partial charge in [-0.05, 0) is 12.5 Å². The SMILES string of the molecule is CN=C(NCC(C(=O)N1CCOCC1)c1ccccc1)NC(C)COC. The third-order valence-corrected chi connectivity index (χ3v) is 4.32. The highest BCUT2D eigenvalue weighted by molar-refractivity contribution is 5.86. The van der Waals surface area contributed by atoms with E-state index in [0.717, 1.165) is 5.56 Å². The average molecular weight is 362 g/mol. The van der Waals surface area contributed by atoms with Gasteiger partial charge in [0.2, 0.25) is 5.91 Å². The summed E-state index contributed by atoms with van der Waals surface area (Å²) in [4.78, 5) is 19.2. The second kappa shape index (κ2) is 10.8. The van der Waals surface area contributed by atoms with Crippen molar-refractivity contribution >= 4 is 11.9 Å². The number of morpholine rings is 1. The molecule has 1 aliphatic heterocycles. The van der Waals surface area contributed by atoms with Gasteiger partial charge in [-0.3, -0.25) is 9.79 Å². The number of carbonyl (C=O) groups is 1. The molecule has 7 heteroatoms. The van der Waals surface area contributed by atoms with Crippen LogP contribution in [0.2, 0.25) is 0 Å². The zero-order valence-electron chi connectivity index (χ0n) is 15.9. The summed E-state index contributed by atoms with van der Waals surface area (Å²) in [5, 5.41) is 6.54. The van der Waals surface area contributed by atoms with Gasteiger partial charge < -0.3 is 25.0 Å². The smallest absolute Gasteiger partial charge is 0.232 e. The summed E-state index contributed by atoms with van der Waals surface area (Å²) in [5.74, 6) is 0.503. The number of benzene rings is 1. The van der Waals surface area contributed by atoms with Gasteiger partial charge in [0, 0.05) is 39.8 Å². The molecule has 1 heterocycles. The molecule has 0 saturated carbocycles. The lowest BCUT2D eigenvalue weighted by molar-refractivity contribution is -0.136. The lowest BCUT2D eigenvalue weighted by Gasteiger charge is -2.31. The highest BCUT2D eigenvalue weighted by Gasteiger charge is 2.27. The van der Waals surface area contributed by atoms with Crippen molar-refractivity contribution in [2.75, 3.05) is 53.6 Å². The maximum atomic E-state index is 13.1. The molecule has 1 fully saturated rings. The molecular formula is C19H30N4O3. The Balaban J connectivity index is 2.05. The van der Waals surface area contributed by atoms with Gasteiger partial charge >= 0.3 is 0 Å². The Hall–Kier alpha value is -2.12. The van der Waals surface area contributed by atoms with Crippen molar-refractivity contribution in [1.82, 2.24) is 15.5 Å². The Kier molecular flexibility index (Phi) is 8.37. The summed E-state index contributed by atoms with van der Waals surface area (Å²) in [6, 6.07) is 9.99. The van der Waals surface area contributed by atoms with Crippen LogP contribution in [0.15, 0.2) is 35.3 Å². The molecule has 0 aliphatic carbocycles. The molecule has 2 unspecified atom stereocenters. The minimum Gasteiger partial charge on any atom is -0.383 e. The van der Waals surface area contributed by atoms with E-state index in [1.165, 1.54) is 0 Å². The van der Waals surface area contributed by atoms with Gasteiger partial charge in [0.25, 0.3) is 0 Å². The summed E-state index contributed by atoms with van der Waals surface area (Å²) >= 11 is 0. The average Bonchev–Trinajstić information content (AvgIpc) is 2.68. The van der Waals surface area contributed by atoms with Crippen LogP contribution >= 0.6 is 0 Å². The minimum absolute atomic E-state index is 0.118. The first-order valence-electron chi connectivity index (χ1n) is 9.03. The molecular weight excluding hydrogens is 332 g/mol. The standard InChI is InChI=1S/C19H30N4O3/c1-15(14-25-3)22-19(20-2)21-13-17(16-7-5-4-6-8-16)18(24)23-9-11-26-12-10-23/h4-8,15,17H,9-14H2,1-3H3,(H2,20,21,22). The molecule has 0 aromatic heterocycles. The molecule has 2 atom stereocenters. The zero-order chi connectivity index (χ0) is 18.8. The number of hydrogen-bond donors (Lipinski definition) is 2. The van der Waals surface area contributed by atoms with Crippen LogP contribution in [0.1, 0.15) is 18.4 Å². The largest absolute Gasteiger partial charge is 0.383 e. The maximum absolute atomic E-state index is 13.1. The number of guanidine groups is 1. The van der Waals surface area contributed by atoms with Gasteiger partial charge in [0.15, 0.2) is 5.96 Å². The molecule has 0 radical (unpaired) electrons. The van der Waals surface area contributed by atoms with E-state index in [9.17, 15) is 4.79 Å². The Morgan fingerprint density at radius 2 is 2.00 bits per heavy atom. The van der Waals surface area contributed by atoms with Crippen LogP contribution < -0.4 is 10.6 Å². The number of methoxy groups -OCH3 is 1. The molecule has 1 amide bonds. The topological polar surface area (TPSA) is 75.2 Å². The molecule has 7 nitrogen and oxygen atoms in total. The van der Waals surface area contributed by atoms with E-state index in [4.69, 9.17) is 9.47 Å². The summed E-state index contributed by atoms with van der Waals surface area (Å²) in [6.07, 6.45) is 0. The van der Waals surface area contributed by atoms with Crippen molar-refractivity contribution in [2.24, 2.45) is 4.99 Å². The zero-order valence-corrected chi connectivity index (χ0v) is 15.9. The van der Waals surface area contributed by atoms with E-state index in [2.05, 4.69) is 15.6 Å². The first-order chi connectivity index (χ1) is 12.7. The third kappa shape index (κ3) is 6.00. The highest BCUT2D eigenvalue weighted by atomic mass is 16.5. The molecule has 1 aliphatic rings. The third-order valence-electron chi connectivity index (χ3n) is 4.32. The summed E-state index contributed by atoms with van der Waals surface area (Å²) in [6.45, 7) is 5.54. The van der Waals surface area contributed by atoms with Crippen molar-refractivity contribution in [3.05, 3.63) is 35.9 Å². The summed E-state index contributed by atoms with van der Waals surface area (Å²) < 4.78 is 10.5. The van der Waals surface area contributed by atoms with E-state index >= 15 is 0 Å². The predicted octanol–water partition coefficient (Wildman–Crippen LogP) is 0.829. The number of nitrogens with zero attached hydrogens (tertiary/aromatic N) is 2. The van der Waals surface area contributed by atoms with E-state index in [0.29, 0.717) is 45.4 Å². The second-order valence-electron chi connectivity index (χ2n) is 6.35. The molecule has 0 spiro atoms. The molecule has 2 N–H and O–H groups in total. The van der Waals surface area contributed by atoms with Crippen molar-refractivity contribution in [3.63, 3.8) is 0 Å². The fourth-order valence-electron chi connectivity index (χ4n) is 2.96. The van der Waals surface area contributed by atoms with Gasteiger partial charge in [-0.15, -0.1) is 0 Å². The van der Waals surface area contributed by atoms with Crippen LogP contribution in [0, 0.1) is 0 Å². The molecule has 1 saturated heterocycles. The van der Waals surface area contributed by atoms with Crippen LogP contribution in [0.25, 0.3) is 0 Å². The van der Waals surface area contributed by atoms with Gasteiger partial charge in [-0.25, -0.2) is 0 Å². The molecule has 26 heavy (non-hydrogen) atoms. The molecule has 1 aromatic rings. The van der Waals surface area contributed by atoms with E-state index in [1.54, 1.807) is 14.2 Å². The summed E-state index contributed by atoms with van der Waals surface area (Å²) in [7, 11) is 3.39. The number of nitrogens with one attached hydrogen (secondary N) is 2. The Morgan fingerprint density at radius 3 is 2.62 bits per heavy atom. The van der Waals surface area contributed by atoms with Crippen LogP contribution in [0.4, 0.5) is 0 Å². The van der Waals surface area contributed by atoms with Gasteiger partial charge in [0.05, 0.1) is 25.7 Å². The Bertz CT molecular complexity index is 573. The van der Waals surface area contributed by atoms with Crippen molar-refractivity contribution < 1.29 is 14.3 Å². The van der Waals surface area contributed by atoms with Crippen LogP contribution in [0.3, 0.4) is 0 Å². The Morgan fingerprint density at radius 1 is 1.31 bits per heavy atom. The minimum atomic E-state index is -0.273. The number of amides is 1. The van der Waals surface area contributed by atoms with Crippen LogP contribution in [-0.2, 0) is 14.3 Å². The predicted molar refractivity (Wildman–Crippen MR) is 102 cm³/mol. The van der Waals surface area contributed by atoms with E-state index in [1.807, 2.05) is 42.2 Å². The molecule has 144 valence electrons. The summed E-state index contributed by atoms with van der Waals surface area (Å²) in [5.41, 5.74) is 0.997. The monoisotopic (exact) mass is 362 g/mol. The normalized spacial score (nSPS) is 17.5. The van der Waals surface area contributed by atoms with Gasteiger partial charge in [0.1, 0.15) is 0 Å². The van der Waals surface area contributed by atoms with E-state index in [-0.39, 0.29) is 17.9 Å². The van der Waals surface area contributed by atoms with Gasteiger partial charge in [-0.2, -0.15) is 0 Å². The fraction of sp³-hybridized carbons (Fsp3) is 0.579. The quantitative estimate of drug-likeness (QED) is 0.555. The number of rotatable bonds is 7.